The summed E-state index contributed by atoms with van der Waals surface area (Å²) in [5.74, 6) is -2.44. The summed E-state index contributed by atoms with van der Waals surface area (Å²) in [5.41, 5.74) is 7.34. The zero-order valence-corrected chi connectivity index (χ0v) is 15.6. The van der Waals surface area contributed by atoms with Crippen LogP contribution >= 0.6 is 0 Å². The van der Waals surface area contributed by atoms with Crippen molar-refractivity contribution < 1.29 is 22.8 Å². The van der Waals surface area contributed by atoms with Gasteiger partial charge in [0.15, 0.2) is 0 Å². The number of rotatable bonds is 4. The number of hydrogen-bond acceptors (Lipinski definition) is 2. The van der Waals surface area contributed by atoms with Crippen molar-refractivity contribution in [2.45, 2.75) is 18.1 Å². The molecule has 0 spiro atoms. The fourth-order valence-electron chi connectivity index (χ4n) is 4.02. The van der Waals surface area contributed by atoms with Gasteiger partial charge < -0.3 is 11.1 Å². The predicted octanol–water partition coefficient (Wildman–Crippen LogP) is 4.10. The van der Waals surface area contributed by atoms with E-state index in [1.165, 1.54) is 12.1 Å². The maximum absolute atomic E-state index is 13.3. The average Bonchev–Trinajstić information content (AvgIpc) is 3.05. The van der Waals surface area contributed by atoms with Gasteiger partial charge in [0.2, 0.25) is 5.91 Å². The lowest BCUT2D eigenvalue weighted by Gasteiger charge is -2.24. The van der Waals surface area contributed by atoms with Crippen LogP contribution in [0.5, 0.6) is 0 Å². The number of halogens is 3. The van der Waals surface area contributed by atoms with E-state index in [1.807, 2.05) is 36.4 Å². The molecule has 0 unspecified atom stereocenters. The van der Waals surface area contributed by atoms with Crippen LogP contribution in [0.1, 0.15) is 33.0 Å². The third-order valence-electron chi connectivity index (χ3n) is 5.29. The highest BCUT2D eigenvalue weighted by Gasteiger charge is 2.40. The maximum Gasteiger partial charge on any atom is 0.417 e. The molecule has 3 N–H and O–H groups in total. The molecule has 1 atom stereocenters. The third kappa shape index (κ3) is 3.32. The second-order valence-corrected chi connectivity index (χ2v) is 7.05. The van der Waals surface area contributed by atoms with E-state index in [0.29, 0.717) is 0 Å². The van der Waals surface area contributed by atoms with Gasteiger partial charge in [0.05, 0.1) is 11.1 Å². The van der Waals surface area contributed by atoms with Gasteiger partial charge in [0.25, 0.3) is 5.91 Å². The van der Waals surface area contributed by atoms with Crippen LogP contribution in [0.25, 0.3) is 11.1 Å². The van der Waals surface area contributed by atoms with Crippen molar-refractivity contribution in [2.24, 2.45) is 5.73 Å². The van der Waals surface area contributed by atoms with Crippen molar-refractivity contribution in [1.29, 1.82) is 0 Å². The second kappa shape index (κ2) is 7.33. The molecule has 1 aliphatic rings. The van der Waals surface area contributed by atoms with Gasteiger partial charge in [-0.3, -0.25) is 9.59 Å². The molecule has 0 aliphatic heterocycles. The number of nitrogens with two attached hydrogens (primary N) is 1. The minimum atomic E-state index is -4.71. The Balaban J connectivity index is 1.75. The van der Waals surface area contributed by atoms with Crippen LogP contribution in [0.2, 0.25) is 0 Å². The van der Waals surface area contributed by atoms with Crippen molar-refractivity contribution in [3.05, 3.63) is 95.1 Å². The number of primary amides is 1. The minimum Gasteiger partial charge on any atom is -0.368 e. The fourth-order valence-corrected chi connectivity index (χ4v) is 4.02. The number of amides is 2. The zero-order chi connectivity index (χ0) is 21.5. The summed E-state index contributed by atoms with van der Waals surface area (Å²) in [6.45, 7) is 0. The van der Waals surface area contributed by atoms with Gasteiger partial charge >= 0.3 is 6.18 Å². The monoisotopic (exact) mass is 410 g/mol. The van der Waals surface area contributed by atoms with Crippen LogP contribution in [0, 0.1) is 0 Å². The van der Waals surface area contributed by atoms with Crippen molar-refractivity contribution >= 4 is 11.8 Å². The standard InChI is InChI=1S/C23H17F3N2O2/c24-23(25,26)18-12-6-5-11-17(18)22(30)28-20(21(27)29)19-15-9-3-1-7-13(15)14-8-2-4-10-16(14)19/h1-12,19-20H,(H2,27,29)(H,28,30)/t20-/m0/s1. The molecule has 0 radical (unpaired) electrons. The van der Waals surface area contributed by atoms with E-state index in [-0.39, 0.29) is 0 Å². The normalized spacial score (nSPS) is 14.0. The number of nitrogens with one attached hydrogen (secondary N) is 1. The summed E-state index contributed by atoms with van der Waals surface area (Å²) < 4.78 is 40.0. The summed E-state index contributed by atoms with van der Waals surface area (Å²) in [5, 5.41) is 2.46. The Hall–Kier alpha value is -3.61. The van der Waals surface area contributed by atoms with Crippen LogP contribution in [-0.4, -0.2) is 17.9 Å². The smallest absolute Gasteiger partial charge is 0.368 e. The van der Waals surface area contributed by atoms with Crippen LogP contribution < -0.4 is 11.1 Å². The number of carbonyl (C=O) groups excluding carboxylic acids is 2. The Kier molecular flexibility index (Phi) is 4.81. The van der Waals surface area contributed by atoms with Gasteiger partial charge in [-0.05, 0) is 34.4 Å². The Morgan fingerprint density at radius 2 is 1.33 bits per heavy atom. The highest BCUT2D eigenvalue weighted by Crippen LogP contribution is 2.46. The van der Waals surface area contributed by atoms with E-state index in [2.05, 4.69) is 5.32 Å². The van der Waals surface area contributed by atoms with Crippen molar-refractivity contribution in [2.75, 3.05) is 0 Å². The lowest BCUT2D eigenvalue weighted by atomic mass is 9.88. The molecular formula is C23H17F3N2O2. The molecule has 0 saturated carbocycles. The topological polar surface area (TPSA) is 72.2 Å². The van der Waals surface area contributed by atoms with Crippen molar-refractivity contribution in [3.8, 4) is 11.1 Å². The van der Waals surface area contributed by atoms with Gasteiger partial charge in [-0.15, -0.1) is 0 Å². The minimum absolute atomic E-state index is 0.559. The van der Waals surface area contributed by atoms with Gasteiger partial charge in [-0.1, -0.05) is 60.7 Å². The van der Waals surface area contributed by atoms with E-state index >= 15 is 0 Å². The summed E-state index contributed by atoms with van der Waals surface area (Å²) in [6, 6.07) is 18.0. The van der Waals surface area contributed by atoms with Gasteiger partial charge in [-0.2, -0.15) is 13.2 Å². The third-order valence-corrected chi connectivity index (χ3v) is 5.29. The Morgan fingerprint density at radius 1 is 0.833 bits per heavy atom. The van der Waals surface area contributed by atoms with Crippen LogP contribution in [0.15, 0.2) is 72.8 Å². The highest BCUT2D eigenvalue weighted by atomic mass is 19.4. The lowest BCUT2D eigenvalue weighted by Crippen LogP contribution is -2.48. The first-order valence-electron chi connectivity index (χ1n) is 9.23. The van der Waals surface area contributed by atoms with Gasteiger partial charge in [0.1, 0.15) is 6.04 Å². The molecule has 3 aromatic carbocycles. The number of alkyl halides is 3. The van der Waals surface area contributed by atoms with Crippen LogP contribution in [-0.2, 0) is 11.0 Å². The molecule has 0 bridgehead atoms. The molecule has 152 valence electrons. The molecule has 1 aliphatic carbocycles. The van der Waals surface area contributed by atoms with Gasteiger partial charge in [0, 0.05) is 5.92 Å². The molecule has 4 rings (SSSR count). The summed E-state index contributed by atoms with van der Waals surface area (Å²) in [4.78, 5) is 25.1. The molecule has 4 nitrogen and oxygen atoms in total. The summed E-state index contributed by atoms with van der Waals surface area (Å²) >= 11 is 0. The SMILES string of the molecule is NC(=O)[C@@H](NC(=O)c1ccccc1C(F)(F)F)C1c2ccccc2-c2ccccc21. The largest absolute Gasteiger partial charge is 0.417 e. The number of fused-ring (bicyclic) bond motifs is 3. The molecule has 3 aromatic rings. The number of benzene rings is 3. The van der Waals surface area contributed by atoms with Crippen molar-refractivity contribution in [1.82, 2.24) is 5.32 Å². The number of hydrogen-bond donors (Lipinski definition) is 2. The van der Waals surface area contributed by atoms with E-state index in [1.54, 1.807) is 12.1 Å². The fraction of sp³-hybridized carbons (Fsp3) is 0.130. The Labute approximate surface area is 170 Å². The van der Waals surface area contributed by atoms with E-state index < -0.39 is 41.1 Å². The molecular weight excluding hydrogens is 393 g/mol. The molecule has 0 saturated heterocycles. The first-order chi connectivity index (χ1) is 14.3. The zero-order valence-electron chi connectivity index (χ0n) is 15.6. The molecule has 7 heteroatoms. The molecule has 30 heavy (non-hydrogen) atoms. The average molecular weight is 410 g/mol. The number of carbonyl (C=O) groups is 2. The Morgan fingerprint density at radius 3 is 1.87 bits per heavy atom. The maximum atomic E-state index is 13.3. The van der Waals surface area contributed by atoms with Crippen LogP contribution in [0.3, 0.4) is 0 Å². The quantitative estimate of drug-likeness (QED) is 0.680. The highest BCUT2D eigenvalue weighted by molar-refractivity contribution is 5.99. The first kappa shape index (κ1) is 19.7. The molecule has 0 heterocycles. The van der Waals surface area contributed by atoms with Crippen molar-refractivity contribution in [3.63, 3.8) is 0 Å². The first-order valence-corrected chi connectivity index (χ1v) is 9.23. The van der Waals surface area contributed by atoms with Crippen LogP contribution in [0.4, 0.5) is 13.2 Å². The molecule has 2 amide bonds. The van der Waals surface area contributed by atoms with E-state index in [9.17, 15) is 22.8 Å². The summed E-state index contributed by atoms with van der Waals surface area (Å²) in [6.07, 6.45) is -4.71. The lowest BCUT2D eigenvalue weighted by molar-refractivity contribution is -0.137. The Bertz CT molecular complexity index is 1100. The van der Waals surface area contributed by atoms with Gasteiger partial charge in [-0.25, -0.2) is 0 Å². The molecule has 0 fully saturated rings. The van der Waals surface area contributed by atoms with E-state index in [0.717, 1.165) is 34.4 Å². The predicted molar refractivity (Wildman–Crippen MR) is 106 cm³/mol. The van der Waals surface area contributed by atoms with E-state index in [4.69, 9.17) is 5.73 Å². The summed E-state index contributed by atoms with van der Waals surface area (Å²) in [7, 11) is 0. The molecule has 0 aromatic heterocycles. The second-order valence-electron chi connectivity index (χ2n) is 7.05.